The van der Waals surface area contributed by atoms with Crippen LogP contribution in [0.1, 0.15) is 29.2 Å². The zero-order valence-electron chi connectivity index (χ0n) is 11.8. The first-order chi connectivity index (χ1) is 10.1. The lowest BCUT2D eigenvalue weighted by molar-refractivity contribution is 0.504. The third kappa shape index (κ3) is 3.50. The van der Waals surface area contributed by atoms with Crippen LogP contribution in [0.4, 0.5) is 4.39 Å². The van der Waals surface area contributed by atoms with Crippen molar-refractivity contribution in [3.05, 3.63) is 63.4 Å². The van der Waals surface area contributed by atoms with Crippen LogP contribution in [0.3, 0.4) is 0 Å². The summed E-state index contributed by atoms with van der Waals surface area (Å²) in [7, 11) is 0. The Kier molecular flexibility index (Phi) is 4.67. The zero-order chi connectivity index (χ0) is 14.8. The number of thioether (sulfide) groups is 1. The maximum atomic E-state index is 13.5. The molecule has 0 fully saturated rings. The molecule has 0 aliphatic carbocycles. The average molecular weight is 366 g/mol. The molecule has 3 rings (SSSR count). The van der Waals surface area contributed by atoms with Crippen LogP contribution < -0.4 is 5.32 Å². The van der Waals surface area contributed by atoms with Crippen LogP contribution in [-0.4, -0.2) is 5.75 Å². The van der Waals surface area contributed by atoms with Crippen LogP contribution in [0.2, 0.25) is 0 Å². The molecule has 1 unspecified atom stereocenters. The number of rotatable bonds is 3. The number of hydrogen-bond acceptors (Lipinski definition) is 2. The van der Waals surface area contributed by atoms with Crippen LogP contribution >= 0.6 is 27.7 Å². The Morgan fingerprint density at radius 1 is 1.29 bits per heavy atom. The van der Waals surface area contributed by atoms with Gasteiger partial charge in [0, 0.05) is 22.0 Å². The molecule has 1 aliphatic heterocycles. The number of hydrogen-bond donors (Lipinski definition) is 1. The monoisotopic (exact) mass is 365 g/mol. The SMILES string of the molecule is Cc1ccc(CNC2CCSc3ccc(F)cc32)cc1Br. The van der Waals surface area contributed by atoms with Crippen molar-refractivity contribution in [1.29, 1.82) is 0 Å². The summed E-state index contributed by atoms with van der Waals surface area (Å²) < 4.78 is 14.6. The number of benzene rings is 2. The Morgan fingerprint density at radius 2 is 2.14 bits per heavy atom. The third-order valence-corrected chi connectivity index (χ3v) is 5.78. The molecule has 0 spiro atoms. The Bertz CT molecular complexity index is 659. The van der Waals surface area contributed by atoms with E-state index in [1.165, 1.54) is 16.0 Å². The molecule has 0 saturated heterocycles. The molecule has 21 heavy (non-hydrogen) atoms. The van der Waals surface area contributed by atoms with Gasteiger partial charge in [-0.1, -0.05) is 28.1 Å². The molecule has 1 heterocycles. The Labute approximate surface area is 137 Å². The Morgan fingerprint density at radius 3 is 2.95 bits per heavy atom. The molecule has 2 aromatic rings. The van der Waals surface area contributed by atoms with Crippen molar-refractivity contribution >= 4 is 27.7 Å². The van der Waals surface area contributed by atoms with E-state index in [-0.39, 0.29) is 11.9 Å². The predicted octanol–water partition coefficient (Wildman–Crippen LogP) is 5.22. The van der Waals surface area contributed by atoms with Gasteiger partial charge in [0.25, 0.3) is 0 Å². The number of nitrogens with one attached hydrogen (secondary N) is 1. The van der Waals surface area contributed by atoms with E-state index in [0.29, 0.717) is 0 Å². The van der Waals surface area contributed by atoms with Crippen molar-refractivity contribution in [2.75, 3.05) is 5.75 Å². The minimum atomic E-state index is -0.152. The molecule has 0 amide bonds. The summed E-state index contributed by atoms with van der Waals surface area (Å²) >= 11 is 5.38. The van der Waals surface area contributed by atoms with E-state index in [9.17, 15) is 4.39 Å². The summed E-state index contributed by atoms with van der Waals surface area (Å²) in [5.41, 5.74) is 3.57. The molecule has 1 atom stereocenters. The summed E-state index contributed by atoms with van der Waals surface area (Å²) in [6.45, 7) is 2.88. The van der Waals surface area contributed by atoms with E-state index in [1.54, 1.807) is 12.1 Å². The number of fused-ring (bicyclic) bond motifs is 1. The maximum absolute atomic E-state index is 13.5. The van der Waals surface area contributed by atoms with Gasteiger partial charge < -0.3 is 5.32 Å². The van der Waals surface area contributed by atoms with Crippen molar-refractivity contribution in [3.8, 4) is 0 Å². The van der Waals surface area contributed by atoms with E-state index >= 15 is 0 Å². The first kappa shape index (κ1) is 15.1. The highest BCUT2D eigenvalue weighted by molar-refractivity contribution is 9.10. The highest BCUT2D eigenvalue weighted by Gasteiger charge is 2.20. The van der Waals surface area contributed by atoms with Gasteiger partial charge in [0.15, 0.2) is 0 Å². The normalized spacial score (nSPS) is 17.6. The molecule has 0 bridgehead atoms. The van der Waals surface area contributed by atoms with E-state index in [4.69, 9.17) is 0 Å². The number of aryl methyl sites for hydroxylation is 1. The average Bonchev–Trinajstić information content (AvgIpc) is 2.48. The van der Waals surface area contributed by atoms with Crippen molar-refractivity contribution in [2.45, 2.75) is 30.8 Å². The van der Waals surface area contributed by atoms with Gasteiger partial charge in [0.1, 0.15) is 5.82 Å². The molecule has 0 aromatic heterocycles. The lowest BCUT2D eigenvalue weighted by atomic mass is 10.0. The van der Waals surface area contributed by atoms with Crippen LogP contribution in [-0.2, 0) is 6.54 Å². The summed E-state index contributed by atoms with van der Waals surface area (Å²) in [6, 6.07) is 11.7. The van der Waals surface area contributed by atoms with Crippen LogP contribution in [0.25, 0.3) is 0 Å². The summed E-state index contributed by atoms with van der Waals surface area (Å²) in [4.78, 5) is 1.20. The summed E-state index contributed by atoms with van der Waals surface area (Å²) in [6.07, 6.45) is 1.04. The fourth-order valence-electron chi connectivity index (χ4n) is 2.56. The third-order valence-electron chi connectivity index (χ3n) is 3.80. The first-order valence-electron chi connectivity index (χ1n) is 7.04. The smallest absolute Gasteiger partial charge is 0.123 e. The van der Waals surface area contributed by atoms with Crippen molar-refractivity contribution < 1.29 is 4.39 Å². The Balaban J connectivity index is 1.74. The fourth-order valence-corrected chi connectivity index (χ4v) is 4.10. The molecule has 110 valence electrons. The quantitative estimate of drug-likeness (QED) is 0.799. The molecular formula is C17H17BrFNS. The predicted molar refractivity (Wildman–Crippen MR) is 90.2 cm³/mol. The molecule has 4 heteroatoms. The van der Waals surface area contributed by atoms with Crippen LogP contribution in [0.5, 0.6) is 0 Å². The zero-order valence-corrected chi connectivity index (χ0v) is 14.2. The van der Waals surface area contributed by atoms with Gasteiger partial charge in [0.2, 0.25) is 0 Å². The maximum Gasteiger partial charge on any atom is 0.123 e. The lowest BCUT2D eigenvalue weighted by Gasteiger charge is -2.26. The van der Waals surface area contributed by atoms with E-state index in [2.05, 4.69) is 46.4 Å². The highest BCUT2D eigenvalue weighted by atomic mass is 79.9. The topological polar surface area (TPSA) is 12.0 Å². The minimum absolute atomic E-state index is 0.152. The minimum Gasteiger partial charge on any atom is -0.306 e. The van der Waals surface area contributed by atoms with Gasteiger partial charge >= 0.3 is 0 Å². The fraction of sp³-hybridized carbons (Fsp3) is 0.294. The Hall–Kier alpha value is -0.840. The molecule has 2 aromatic carbocycles. The summed E-state index contributed by atoms with van der Waals surface area (Å²) in [5.74, 6) is 0.926. The van der Waals surface area contributed by atoms with E-state index in [1.807, 2.05) is 17.8 Å². The molecule has 1 aliphatic rings. The molecular weight excluding hydrogens is 349 g/mol. The lowest BCUT2D eigenvalue weighted by Crippen LogP contribution is -2.24. The largest absolute Gasteiger partial charge is 0.306 e. The van der Waals surface area contributed by atoms with Gasteiger partial charge in [-0.3, -0.25) is 0 Å². The van der Waals surface area contributed by atoms with Crippen molar-refractivity contribution in [3.63, 3.8) is 0 Å². The summed E-state index contributed by atoms with van der Waals surface area (Å²) in [5, 5.41) is 3.57. The molecule has 0 saturated carbocycles. The van der Waals surface area contributed by atoms with Crippen molar-refractivity contribution in [1.82, 2.24) is 5.32 Å². The standard InChI is InChI=1S/C17H17BrFNS/c1-11-2-3-12(8-15(11)18)10-20-16-6-7-21-17-5-4-13(19)9-14(16)17/h2-5,8-9,16,20H,6-7,10H2,1H3. The molecule has 1 nitrogen and oxygen atoms in total. The van der Waals surface area contributed by atoms with Gasteiger partial charge in [-0.25, -0.2) is 4.39 Å². The second-order valence-corrected chi connectivity index (χ2v) is 7.33. The van der Waals surface area contributed by atoms with Crippen LogP contribution in [0, 0.1) is 12.7 Å². The second-order valence-electron chi connectivity index (χ2n) is 5.34. The second kappa shape index (κ2) is 6.51. The van der Waals surface area contributed by atoms with Gasteiger partial charge in [-0.05, 0) is 60.1 Å². The first-order valence-corrected chi connectivity index (χ1v) is 8.82. The molecule has 1 N–H and O–H groups in total. The van der Waals surface area contributed by atoms with E-state index < -0.39 is 0 Å². The van der Waals surface area contributed by atoms with Crippen LogP contribution in [0.15, 0.2) is 45.8 Å². The van der Waals surface area contributed by atoms with E-state index in [0.717, 1.165) is 28.8 Å². The highest BCUT2D eigenvalue weighted by Crippen LogP contribution is 2.36. The van der Waals surface area contributed by atoms with Gasteiger partial charge in [-0.15, -0.1) is 11.8 Å². The van der Waals surface area contributed by atoms with Gasteiger partial charge in [0.05, 0.1) is 0 Å². The van der Waals surface area contributed by atoms with Crippen molar-refractivity contribution in [2.24, 2.45) is 0 Å². The number of halogens is 2. The van der Waals surface area contributed by atoms with Gasteiger partial charge in [-0.2, -0.15) is 0 Å². The molecule has 0 radical (unpaired) electrons.